The van der Waals surface area contributed by atoms with Crippen molar-refractivity contribution in [3.8, 4) is 0 Å². The molecule has 1 fully saturated rings. The number of unbranched alkanes of at least 4 members (excludes halogenated alkanes) is 1. The Kier molecular flexibility index (Phi) is 7.22. The van der Waals surface area contributed by atoms with Crippen molar-refractivity contribution in [1.82, 2.24) is 21.1 Å². The standard InChI is InChI=1S/C18H36N6O/c1-17(2)11-15(12-18(3,4)23-17)7-5-6-8-19-16-20-13-24(14-21-16)22-9-10-25/h13,15,22-23,25H,5-12,14H2,1-4H3,(H,19,21). The van der Waals surface area contributed by atoms with Crippen LogP contribution < -0.4 is 16.1 Å². The molecule has 2 aliphatic rings. The van der Waals surface area contributed by atoms with Crippen molar-refractivity contribution in [2.24, 2.45) is 15.9 Å². The van der Waals surface area contributed by atoms with E-state index in [1.54, 1.807) is 11.3 Å². The molecule has 0 atom stereocenters. The molecule has 0 saturated carbocycles. The van der Waals surface area contributed by atoms with E-state index >= 15 is 0 Å². The van der Waals surface area contributed by atoms with Crippen LogP contribution in [0.1, 0.15) is 59.8 Å². The van der Waals surface area contributed by atoms with Crippen LogP contribution in [0, 0.1) is 5.92 Å². The zero-order chi connectivity index (χ0) is 18.3. The Labute approximate surface area is 152 Å². The molecular weight excluding hydrogens is 316 g/mol. The predicted octanol–water partition coefficient (Wildman–Crippen LogP) is 1.46. The van der Waals surface area contributed by atoms with Crippen LogP contribution >= 0.6 is 0 Å². The molecule has 2 heterocycles. The van der Waals surface area contributed by atoms with Gasteiger partial charge >= 0.3 is 0 Å². The lowest BCUT2D eigenvalue weighted by Gasteiger charge is -2.46. The summed E-state index contributed by atoms with van der Waals surface area (Å²) >= 11 is 0. The summed E-state index contributed by atoms with van der Waals surface area (Å²) in [6.07, 6.45) is 7.85. The van der Waals surface area contributed by atoms with Crippen molar-refractivity contribution < 1.29 is 5.11 Å². The molecule has 1 saturated heterocycles. The van der Waals surface area contributed by atoms with Crippen molar-refractivity contribution in [2.45, 2.75) is 70.9 Å². The maximum absolute atomic E-state index is 8.79. The summed E-state index contributed by atoms with van der Waals surface area (Å²) in [5.41, 5.74) is 3.51. The molecule has 0 bridgehead atoms. The third-order valence-corrected chi connectivity index (χ3v) is 4.71. The van der Waals surface area contributed by atoms with Crippen LogP contribution in [-0.2, 0) is 0 Å². The van der Waals surface area contributed by atoms with Crippen LogP contribution in [0.4, 0.5) is 0 Å². The maximum atomic E-state index is 8.79. The summed E-state index contributed by atoms with van der Waals surface area (Å²) in [4.78, 5) is 8.81. The van der Waals surface area contributed by atoms with E-state index < -0.39 is 0 Å². The number of aliphatic hydroxyl groups is 1. The van der Waals surface area contributed by atoms with E-state index in [4.69, 9.17) is 5.11 Å². The molecule has 0 aliphatic carbocycles. The van der Waals surface area contributed by atoms with Gasteiger partial charge in [0.2, 0.25) is 5.96 Å². The van der Waals surface area contributed by atoms with Crippen LogP contribution in [-0.4, -0.2) is 59.9 Å². The zero-order valence-electron chi connectivity index (χ0n) is 16.3. The Morgan fingerprint density at radius 3 is 2.60 bits per heavy atom. The minimum absolute atomic E-state index is 0.108. The third-order valence-electron chi connectivity index (χ3n) is 4.71. The van der Waals surface area contributed by atoms with Crippen molar-refractivity contribution in [1.29, 1.82) is 0 Å². The van der Waals surface area contributed by atoms with Crippen LogP contribution in [0.3, 0.4) is 0 Å². The number of piperidine rings is 1. The molecule has 144 valence electrons. The SMILES string of the molecule is CC1(C)CC(CCCCN=C2N=CN(NCCO)CN2)CC(C)(C)N1. The number of hydrogen-bond donors (Lipinski definition) is 4. The van der Waals surface area contributed by atoms with Crippen molar-refractivity contribution in [3.05, 3.63) is 0 Å². The summed E-state index contributed by atoms with van der Waals surface area (Å²) in [5.74, 6) is 1.50. The highest BCUT2D eigenvalue weighted by atomic mass is 16.3. The number of aliphatic imine (C=N–C) groups is 2. The molecule has 0 amide bonds. The van der Waals surface area contributed by atoms with Gasteiger partial charge in [-0.05, 0) is 52.9 Å². The number of nitrogens with zero attached hydrogens (tertiary/aromatic N) is 3. The summed E-state index contributed by atoms with van der Waals surface area (Å²) in [5, 5.41) is 17.5. The fourth-order valence-corrected chi connectivity index (χ4v) is 4.22. The second kappa shape index (κ2) is 8.96. The van der Waals surface area contributed by atoms with Gasteiger partial charge in [0.1, 0.15) is 13.0 Å². The lowest BCUT2D eigenvalue weighted by atomic mass is 9.74. The molecule has 0 radical (unpaired) electrons. The van der Waals surface area contributed by atoms with Gasteiger partial charge in [0, 0.05) is 24.2 Å². The van der Waals surface area contributed by atoms with E-state index in [1.807, 2.05) is 0 Å². The first-order valence-electron chi connectivity index (χ1n) is 9.52. The Morgan fingerprint density at radius 1 is 1.28 bits per heavy atom. The molecule has 25 heavy (non-hydrogen) atoms. The summed E-state index contributed by atoms with van der Waals surface area (Å²) in [7, 11) is 0. The minimum atomic E-state index is 0.108. The molecule has 2 aliphatic heterocycles. The van der Waals surface area contributed by atoms with Gasteiger partial charge in [0.25, 0.3) is 0 Å². The number of hydrazine groups is 1. The fraction of sp³-hybridized carbons (Fsp3) is 0.889. The molecule has 0 aromatic rings. The number of guanidine groups is 1. The number of aliphatic hydroxyl groups excluding tert-OH is 1. The second-order valence-corrected chi connectivity index (χ2v) is 8.55. The van der Waals surface area contributed by atoms with Gasteiger partial charge in [-0.1, -0.05) is 12.8 Å². The Bertz CT molecular complexity index is 458. The highest BCUT2D eigenvalue weighted by molar-refractivity contribution is 5.88. The molecule has 0 unspecified atom stereocenters. The van der Waals surface area contributed by atoms with Gasteiger partial charge in [0.05, 0.1) is 6.61 Å². The fourth-order valence-electron chi connectivity index (χ4n) is 4.22. The average Bonchev–Trinajstić information content (AvgIpc) is 2.51. The Hall–Kier alpha value is -1.18. The Morgan fingerprint density at radius 2 is 2.00 bits per heavy atom. The van der Waals surface area contributed by atoms with Gasteiger partial charge in [-0.3, -0.25) is 10.0 Å². The number of hydrogen-bond acceptors (Lipinski definition) is 5. The quantitative estimate of drug-likeness (QED) is 0.497. The molecule has 4 N–H and O–H groups in total. The topological polar surface area (TPSA) is 84.3 Å². The summed E-state index contributed by atoms with van der Waals surface area (Å²) < 4.78 is 0. The van der Waals surface area contributed by atoms with E-state index in [9.17, 15) is 0 Å². The first-order valence-corrected chi connectivity index (χ1v) is 9.52. The van der Waals surface area contributed by atoms with Crippen LogP contribution in [0.25, 0.3) is 0 Å². The molecule has 0 aromatic heterocycles. The maximum Gasteiger partial charge on any atom is 0.220 e. The number of nitrogens with one attached hydrogen (secondary N) is 3. The van der Waals surface area contributed by atoms with E-state index in [0.717, 1.165) is 18.9 Å². The summed E-state index contributed by atoms with van der Waals surface area (Å²) in [6, 6.07) is 0. The molecular formula is C18H36N6O. The van der Waals surface area contributed by atoms with Crippen LogP contribution in [0.2, 0.25) is 0 Å². The van der Waals surface area contributed by atoms with Crippen molar-refractivity contribution in [2.75, 3.05) is 26.4 Å². The molecule has 2 rings (SSSR count). The molecule has 7 nitrogen and oxygen atoms in total. The third kappa shape index (κ3) is 7.30. The van der Waals surface area contributed by atoms with Crippen molar-refractivity contribution in [3.63, 3.8) is 0 Å². The highest BCUT2D eigenvalue weighted by Gasteiger charge is 2.36. The molecule has 7 heteroatoms. The largest absolute Gasteiger partial charge is 0.395 e. The zero-order valence-corrected chi connectivity index (χ0v) is 16.3. The smallest absolute Gasteiger partial charge is 0.220 e. The Balaban J connectivity index is 1.65. The second-order valence-electron chi connectivity index (χ2n) is 8.55. The lowest BCUT2D eigenvalue weighted by molar-refractivity contribution is 0.122. The molecule has 0 aromatic carbocycles. The number of rotatable bonds is 8. The van der Waals surface area contributed by atoms with Crippen LogP contribution in [0.15, 0.2) is 9.98 Å². The first kappa shape index (κ1) is 20.1. The van der Waals surface area contributed by atoms with Gasteiger partial charge in [-0.2, -0.15) is 0 Å². The highest BCUT2D eigenvalue weighted by Crippen LogP contribution is 2.35. The lowest BCUT2D eigenvalue weighted by Crippen LogP contribution is -2.57. The van der Waals surface area contributed by atoms with Gasteiger partial charge in [0.15, 0.2) is 0 Å². The average molecular weight is 353 g/mol. The van der Waals surface area contributed by atoms with Crippen LogP contribution in [0.5, 0.6) is 0 Å². The van der Waals surface area contributed by atoms with E-state index in [0.29, 0.717) is 19.2 Å². The van der Waals surface area contributed by atoms with E-state index in [1.165, 1.54) is 25.7 Å². The van der Waals surface area contributed by atoms with E-state index in [-0.39, 0.29) is 17.7 Å². The summed E-state index contributed by atoms with van der Waals surface area (Å²) in [6.45, 7) is 11.3. The van der Waals surface area contributed by atoms with Gasteiger partial charge in [-0.25, -0.2) is 10.4 Å². The van der Waals surface area contributed by atoms with E-state index in [2.05, 4.69) is 53.7 Å². The van der Waals surface area contributed by atoms with Gasteiger partial charge in [-0.15, -0.1) is 0 Å². The monoisotopic (exact) mass is 352 g/mol. The predicted molar refractivity (Wildman–Crippen MR) is 104 cm³/mol. The molecule has 0 spiro atoms. The van der Waals surface area contributed by atoms with Crippen molar-refractivity contribution >= 4 is 12.3 Å². The first-order chi connectivity index (χ1) is 11.8. The van der Waals surface area contributed by atoms with Gasteiger partial charge < -0.3 is 15.7 Å². The minimum Gasteiger partial charge on any atom is -0.395 e. The normalized spacial score (nSPS) is 24.5.